The van der Waals surface area contributed by atoms with Gasteiger partial charge in [-0.3, -0.25) is 5.32 Å². The SMILES string of the molecule is CCOC(=O)C(C)(NCCN=[N+]=[N-])c1ccccc1Br. The standard InChI is InChI=1S/C13H17BrN4O2/c1-3-20-12(19)13(2,16-8-9-17-18-15)10-6-4-5-7-11(10)14/h4-7,16H,3,8-9H2,1-2H3. The highest BCUT2D eigenvalue weighted by Gasteiger charge is 2.37. The second kappa shape index (κ2) is 7.89. The van der Waals surface area contributed by atoms with Gasteiger partial charge in [0, 0.05) is 22.5 Å². The van der Waals surface area contributed by atoms with Crippen LogP contribution in [0.2, 0.25) is 0 Å². The van der Waals surface area contributed by atoms with Crippen LogP contribution in [0.1, 0.15) is 19.4 Å². The number of hydrogen-bond acceptors (Lipinski definition) is 4. The number of halogens is 1. The zero-order valence-electron chi connectivity index (χ0n) is 11.5. The van der Waals surface area contributed by atoms with E-state index in [1.807, 2.05) is 24.3 Å². The van der Waals surface area contributed by atoms with Crippen LogP contribution < -0.4 is 5.32 Å². The van der Waals surface area contributed by atoms with Crippen molar-refractivity contribution in [1.82, 2.24) is 5.32 Å². The Bertz CT molecular complexity index is 517. The maximum Gasteiger partial charge on any atom is 0.330 e. The van der Waals surface area contributed by atoms with Crippen molar-refractivity contribution in [2.75, 3.05) is 19.7 Å². The summed E-state index contributed by atoms with van der Waals surface area (Å²) >= 11 is 3.44. The largest absolute Gasteiger partial charge is 0.464 e. The third-order valence-electron chi connectivity index (χ3n) is 2.85. The van der Waals surface area contributed by atoms with Crippen LogP contribution in [0.5, 0.6) is 0 Å². The molecule has 0 heterocycles. The average Bonchev–Trinajstić information content (AvgIpc) is 2.44. The Kier molecular flexibility index (Phi) is 6.51. The van der Waals surface area contributed by atoms with Crippen LogP contribution in [0.15, 0.2) is 33.9 Å². The topological polar surface area (TPSA) is 87.1 Å². The van der Waals surface area contributed by atoms with Crippen LogP contribution in [0.25, 0.3) is 10.4 Å². The van der Waals surface area contributed by atoms with Crippen molar-refractivity contribution >= 4 is 21.9 Å². The van der Waals surface area contributed by atoms with Gasteiger partial charge in [0.25, 0.3) is 0 Å². The molecule has 0 saturated carbocycles. The van der Waals surface area contributed by atoms with E-state index >= 15 is 0 Å². The van der Waals surface area contributed by atoms with E-state index in [2.05, 4.69) is 31.3 Å². The first-order valence-electron chi connectivity index (χ1n) is 6.24. The van der Waals surface area contributed by atoms with Gasteiger partial charge in [-0.15, -0.1) is 0 Å². The van der Waals surface area contributed by atoms with Crippen molar-refractivity contribution in [2.45, 2.75) is 19.4 Å². The smallest absolute Gasteiger partial charge is 0.330 e. The number of benzene rings is 1. The van der Waals surface area contributed by atoms with Crippen LogP contribution in [0, 0.1) is 0 Å². The number of nitrogens with zero attached hydrogens (tertiary/aromatic N) is 3. The molecule has 0 spiro atoms. The van der Waals surface area contributed by atoms with E-state index in [1.165, 1.54) is 0 Å². The van der Waals surface area contributed by atoms with Crippen molar-refractivity contribution < 1.29 is 9.53 Å². The minimum absolute atomic E-state index is 0.260. The molecular weight excluding hydrogens is 324 g/mol. The first-order chi connectivity index (χ1) is 9.56. The second-order valence-corrected chi connectivity index (χ2v) is 5.06. The predicted molar refractivity (Wildman–Crippen MR) is 80.1 cm³/mol. The Hall–Kier alpha value is -1.56. The molecule has 108 valence electrons. The number of carbonyl (C=O) groups is 1. The maximum absolute atomic E-state index is 12.3. The van der Waals surface area contributed by atoms with Crippen LogP contribution >= 0.6 is 15.9 Å². The van der Waals surface area contributed by atoms with E-state index in [0.29, 0.717) is 13.2 Å². The molecule has 0 saturated heterocycles. The molecule has 1 rings (SSSR count). The van der Waals surface area contributed by atoms with E-state index in [4.69, 9.17) is 10.3 Å². The summed E-state index contributed by atoms with van der Waals surface area (Å²) in [7, 11) is 0. The van der Waals surface area contributed by atoms with Gasteiger partial charge in [0.05, 0.1) is 6.61 Å². The van der Waals surface area contributed by atoms with Crippen molar-refractivity contribution in [3.63, 3.8) is 0 Å². The minimum atomic E-state index is -0.999. The lowest BCUT2D eigenvalue weighted by Gasteiger charge is -2.29. The van der Waals surface area contributed by atoms with Gasteiger partial charge in [-0.1, -0.05) is 39.2 Å². The summed E-state index contributed by atoms with van der Waals surface area (Å²) in [5, 5.41) is 6.55. The molecule has 0 aliphatic rings. The number of ether oxygens (including phenoxy) is 1. The lowest BCUT2D eigenvalue weighted by atomic mass is 9.92. The summed E-state index contributed by atoms with van der Waals surface area (Å²) in [5.74, 6) is -0.368. The van der Waals surface area contributed by atoms with Crippen molar-refractivity contribution in [3.05, 3.63) is 44.7 Å². The van der Waals surface area contributed by atoms with Gasteiger partial charge in [-0.05, 0) is 31.0 Å². The Morgan fingerprint density at radius 1 is 1.55 bits per heavy atom. The molecule has 1 unspecified atom stereocenters. The third kappa shape index (κ3) is 3.96. The third-order valence-corrected chi connectivity index (χ3v) is 3.54. The molecule has 0 radical (unpaired) electrons. The number of carbonyl (C=O) groups excluding carboxylic acids is 1. The lowest BCUT2D eigenvalue weighted by Crippen LogP contribution is -2.48. The van der Waals surface area contributed by atoms with Crippen molar-refractivity contribution in [3.8, 4) is 0 Å². The highest BCUT2D eigenvalue weighted by atomic mass is 79.9. The Balaban J connectivity index is 3.03. The van der Waals surface area contributed by atoms with E-state index in [0.717, 1.165) is 10.0 Å². The van der Waals surface area contributed by atoms with Gasteiger partial charge in [0.2, 0.25) is 0 Å². The highest BCUT2D eigenvalue weighted by molar-refractivity contribution is 9.10. The molecule has 1 N–H and O–H groups in total. The van der Waals surface area contributed by atoms with Gasteiger partial charge in [0.1, 0.15) is 5.54 Å². The molecule has 0 aromatic heterocycles. The highest BCUT2D eigenvalue weighted by Crippen LogP contribution is 2.29. The molecule has 7 heteroatoms. The first-order valence-corrected chi connectivity index (χ1v) is 7.03. The van der Waals surface area contributed by atoms with Gasteiger partial charge in [0.15, 0.2) is 0 Å². The molecular formula is C13H17BrN4O2. The fourth-order valence-corrected chi connectivity index (χ4v) is 2.50. The normalized spacial score (nSPS) is 13.2. The van der Waals surface area contributed by atoms with Crippen LogP contribution in [0.3, 0.4) is 0 Å². The zero-order chi connectivity index (χ0) is 15.0. The lowest BCUT2D eigenvalue weighted by molar-refractivity contribution is -0.151. The minimum Gasteiger partial charge on any atom is -0.464 e. The fourth-order valence-electron chi connectivity index (χ4n) is 1.82. The summed E-state index contributed by atoms with van der Waals surface area (Å²) in [4.78, 5) is 15.0. The van der Waals surface area contributed by atoms with Gasteiger partial charge in [-0.25, -0.2) is 4.79 Å². The molecule has 0 amide bonds. The molecule has 1 aromatic rings. The van der Waals surface area contributed by atoms with Gasteiger partial charge >= 0.3 is 5.97 Å². The van der Waals surface area contributed by atoms with E-state index in [-0.39, 0.29) is 12.5 Å². The summed E-state index contributed by atoms with van der Waals surface area (Å²) in [6, 6.07) is 7.44. The number of rotatable bonds is 7. The van der Waals surface area contributed by atoms with Crippen molar-refractivity contribution in [1.29, 1.82) is 0 Å². The number of nitrogens with one attached hydrogen (secondary N) is 1. The summed E-state index contributed by atoms with van der Waals surface area (Å²) < 4.78 is 5.96. The molecule has 1 atom stereocenters. The number of hydrogen-bond donors (Lipinski definition) is 1. The summed E-state index contributed by atoms with van der Waals surface area (Å²) in [6.45, 7) is 4.45. The predicted octanol–water partition coefficient (Wildman–Crippen LogP) is 3.13. The zero-order valence-corrected chi connectivity index (χ0v) is 13.1. The molecule has 0 aliphatic heterocycles. The number of azide groups is 1. The van der Waals surface area contributed by atoms with Crippen LogP contribution in [0.4, 0.5) is 0 Å². The van der Waals surface area contributed by atoms with Crippen LogP contribution in [-0.4, -0.2) is 25.7 Å². The van der Waals surface area contributed by atoms with Gasteiger partial charge < -0.3 is 4.74 Å². The second-order valence-electron chi connectivity index (χ2n) is 4.21. The Morgan fingerprint density at radius 2 is 2.25 bits per heavy atom. The summed E-state index contributed by atoms with van der Waals surface area (Å²) in [5.41, 5.74) is 8.06. The monoisotopic (exact) mass is 340 g/mol. The van der Waals surface area contributed by atoms with Gasteiger partial charge in [-0.2, -0.15) is 0 Å². The Labute approximate surface area is 126 Å². The number of esters is 1. The first kappa shape index (κ1) is 16.5. The molecule has 1 aromatic carbocycles. The fraction of sp³-hybridized carbons (Fsp3) is 0.462. The molecule has 0 fully saturated rings. The average molecular weight is 341 g/mol. The van der Waals surface area contributed by atoms with E-state index in [1.54, 1.807) is 13.8 Å². The quantitative estimate of drug-likeness (QED) is 0.272. The van der Waals surface area contributed by atoms with E-state index in [9.17, 15) is 4.79 Å². The summed E-state index contributed by atoms with van der Waals surface area (Å²) in [6.07, 6.45) is 0. The molecule has 0 bridgehead atoms. The molecule has 0 aliphatic carbocycles. The molecule has 20 heavy (non-hydrogen) atoms. The van der Waals surface area contributed by atoms with Crippen LogP contribution in [-0.2, 0) is 15.1 Å². The molecule has 6 nitrogen and oxygen atoms in total. The maximum atomic E-state index is 12.3. The Morgan fingerprint density at radius 3 is 2.85 bits per heavy atom. The van der Waals surface area contributed by atoms with Crippen molar-refractivity contribution in [2.24, 2.45) is 5.11 Å². The van der Waals surface area contributed by atoms with E-state index < -0.39 is 5.54 Å².